The zero-order valence-corrected chi connectivity index (χ0v) is 15.3. The lowest BCUT2D eigenvalue weighted by Gasteiger charge is -2.11. The predicted octanol–water partition coefficient (Wildman–Crippen LogP) is 3.80. The standard InChI is InChI=1S/C20H20N4O3/c1-13-5-4-6-14(9-13)23-19-12-21-17(11-22-19)20(25)24-16-8-7-15(26-2)10-18(16)27-3/h4-12H,1-3H3,(H,22,23)(H,24,25). The van der Waals surface area contributed by atoms with Crippen LogP contribution in [0.4, 0.5) is 17.2 Å². The van der Waals surface area contributed by atoms with Gasteiger partial charge in [-0.25, -0.2) is 9.97 Å². The maximum Gasteiger partial charge on any atom is 0.275 e. The van der Waals surface area contributed by atoms with Crippen molar-refractivity contribution in [1.82, 2.24) is 9.97 Å². The number of anilines is 3. The molecule has 3 aromatic rings. The molecule has 7 nitrogen and oxygen atoms in total. The van der Waals surface area contributed by atoms with Gasteiger partial charge in [-0.05, 0) is 36.8 Å². The molecule has 0 unspecified atom stereocenters. The second-order valence-electron chi connectivity index (χ2n) is 5.80. The van der Waals surface area contributed by atoms with Crippen LogP contribution in [-0.2, 0) is 0 Å². The highest BCUT2D eigenvalue weighted by Crippen LogP contribution is 2.29. The lowest BCUT2D eigenvalue weighted by Crippen LogP contribution is -2.15. The number of carbonyl (C=O) groups is 1. The fourth-order valence-electron chi connectivity index (χ4n) is 2.47. The topological polar surface area (TPSA) is 85.4 Å². The zero-order chi connectivity index (χ0) is 19.2. The van der Waals surface area contributed by atoms with E-state index in [0.29, 0.717) is 23.0 Å². The number of nitrogens with one attached hydrogen (secondary N) is 2. The zero-order valence-electron chi connectivity index (χ0n) is 15.3. The minimum Gasteiger partial charge on any atom is -0.497 e. The predicted molar refractivity (Wildman–Crippen MR) is 104 cm³/mol. The molecule has 0 aliphatic rings. The van der Waals surface area contributed by atoms with Crippen molar-refractivity contribution >= 4 is 23.1 Å². The maximum absolute atomic E-state index is 12.4. The van der Waals surface area contributed by atoms with Gasteiger partial charge in [-0.15, -0.1) is 0 Å². The molecule has 0 atom stereocenters. The van der Waals surface area contributed by atoms with Crippen molar-refractivity contribution in [2.45, 2.75) is 6.92 Å². The molecule has 0 radical (unpaired) electrons. The molecule has 0 spiro atoms. The van der Waals surface area contributed by atoms with Crippen LogP contribution in [0.15, 0.2) is 54.9 Å². The number of carbonyl (C=O) groups excluding carboxylic acids is 1. The Kier molecular flexibility index (Phi) is 5.51. The molecule has 0 bridgehead atoms. The molecule has 0 saturated heterocycles. The van der Waals surface area contributed by atoms with E-state index in [1.165, 1.54) is 19.5 Å². The van der Waals surface area contributed by atoms with Crippen molar-refractivity contribution in [2.75, 3.05) is 24.9 Å². The van der Waals surface area contributed by atoms with Crippen LogP contribution >= 0.6 is 0 Å². The van der Waals surface area contributed by atoms with E-state index in [1.807, 2.05) is 31.2 Å². The summed E-state index contributed by atoms with van der Waals surface area (Å²) in [5, 5.41) is 5.92. The summed E-state index contributed by atoms with van der Waals surface area (Å²) in [6.45, 7) is 2.01. The monoisotopic (exact) mass is 364 g/mol. The Labute approximate surface area is 157 Å². The van der Waals surface area contributed by atoms with Crippen LogP contribution in [0.2, 0.25) is 0 Å². The van der Waals surface area contributed by atoms with Crippen molar-refractivity contribution in [3.63, 3.8) is 0 Å². The summed E-state index contributed by atoms with van der Waals surface area (Å²) in [5.74, 6) is 1.30. The number of nitrogens with zero attached hydrogens (tertiary/aromatic N) is 2. The second-order valence-corrected chi connectivity index (χ2v) is 5.80. The molecule has 0 saturated carbocycles. The summed E-state index contributed by atoms with van der Waals surface area (Å²) in [6.07, 6.45) is 2.94. The van der Waals surface area contributed by atoms with Crippen LogP contribution < -0.4 is 20.1 Å². The van der Waals surface area contributed by atoms with E-state index in [2.05, 4.69) is 20.6 Å². The third-order valence-electron chi connectivity index (χ3n) is 3.83. The van der Waals surface area contributed by atoms with Crippen molar-refractivity contribution in [3.05, 3.63) is 66.1 Å². The summed E-state index contributed by atoms with van der Waals surface area (Å²) in [4.78, 5) is 20.9. The van der Waals surface area contributed by atoms with E-state index >= 15 is 0 Å². The number of methoxy groups -OCH3 is 2. The van der Waals surface area contributed by atoms with Gasteiger partial charge in [-0.3, -0.25) is 4.79 Å². The Morgan fingerprint density at radius 1 is 1.00 bits per heavy atom. The molecule has 0 fully saturated rings. The number of ether oxygens (including phenoxy) is 2. The van der Waals surface area contributed by atoms with Crippen LogP contribution in [-0.4, -0.2) is 30.1 Å². The maximum atomic E-state index is 12.4. The SMILES string of the molecule is COc1ccc(NC(=O)c2cnc(Nc3cccc(C)c3)cn2)c(OC)c1. The lowest BCUT2D eigenvalue weighted by molar-refractivity contribution is 0.102. The first-order valence-corrected chi connectivity index (χ1v) is 8.28. The van der Waals surface area contributed by atoms with Gasteiger partial charge in [0.05, 0.1) is 32.3 Å². The summed E-state index contributed by atoms with van der Waals surface area (Å²) < 4.78 is 10.4. The molecule has 2 aromatic carbocycles. The molecule has 1 heterocycles. The van der Waals surface area contributed by atoms with Crippen LogP contribution in [0, 0.1) is 6.92 Å². The molecule has 27 heavy (non-hydrogen) atoms. The molecule has 3 rings (SSSR count). The van der Waals surface area contributed by atoms with Crippen LogP contribution in [0.5, 0.6) is 11.5 Å². The molecule has 1 amide bonds. The Morgan fingerprint density at radius 3 is 2.52 bits per heavy atom. The van der Waals surface area contributed by atoms with Crippen molar-refractivity contribution < 1.29 is 14.3 Å². The van der Waals surface area contributed by atoms with Crippen LogP contribution in [0.25, 0.3) is 0 Å². The average Bonchev–Trinajstić information content (AvgIpc) is 2.69. The third-order valence-corrected chi connectivity index (χ3v) is 3.83. The van der Waals surface area contributed by atoms with E-state index in [4.69, 9.17) is 9.47 Å². The summed E-state index contributed by atoms with van der Waals surface area (Å²) >= 11 is 0. The summed E-state index contributed by atoms with van der Waals surface area (Å²) in [7, 11) is 3.09. The smallest absolute Gasteiger partial charge is 0.275 e. The molecule has 0 aliphatic carbocycles. The van der Waals surface area contributed by atoms with Crippen LogP contribution in [0.3, 0.4) is 0 Å². The lowest BCUT2D eigenvalue weighted by atomic mass is 10.2. The number of amides is 1. The molecular weight excluding hydrogens is 344 g/mol. The minimum absolute atomic E-state index is 0.197. The van der Waals surface area contributed by atoms with E-state index in [-0.39, 0.29) is 11.6 Å². The van der Waals surface area contributed by atoms with Crippen molar-refractivity contribution in [1.29, 1.82) is 0 Å². The molecule has 1 aromatic heterocycles. The third kappa shape index (κ3) is 4.52. The summed E-state index contributed by atoms with van der Waals surface area (Å²) in [6, 6.07) is 13.0. The van der Waals surface area contributed by atoms with E-state index in [0.717, 1.165) is 11.3 Å². The molecular formula is C20H20N4O3. The Hall–Kier alpha value is -3.61. The quantitative estimate of drug-likeness (QED) is 0.692. The highest BCUT2D eigenvalue weighted by molar-refractivity contribution is 6.03. The number of aromatic nitrogens is 2. The first-order chi connectivity index (χ1) is 13.1. The van der Waals surface area contributed by atoms with Gasteiger partial charge in [-0.2, -0.15) is 0 Å². The Balaban J connectivity index is 1.71. The van der Waals surface area contributed by atoms with Gasteiger partial charge in [0.25, 0.3) is 5.91 Å². The van der Waals surface area contributed by atoms with Gasteiger partial charge in [0.2, 0.25) is 0 Å². The largest absolute Gasteiger partial charge is 0.497 e. The first kappa shape index (κ1) is 18.2. The fraction of sp³-hybridized carbons (Fsp3) is 0.150. The van der Waals surface area contributed by atoms with Gasteiger partial charge in [0.15, 0.2) is 0 Å². The highest BCUT2D eigenvalue weighted by atomic mass is 16.5. The van der Waals surface area contributed by atoms with Crippen molar-refractivity contribution in [3.8, 4) is 11.5 Å². The average molecular weight is 364 g/mol. The molecule has 2 N–H and O–H groups in total. The van der Waals surface area contributed by atoms with Gasteiger partial charge < -0.3 is 20.1 Å². The van der Waals surface area contributed by atoms with Gasteiger partial charge >= 0.3 is 0 Å². The highest BCUT2D eigenvalue weighted by Gasteiger charge is 2.12. The number of hydrogen-bond donors (Lipinski definition) is 2. The van der Waals surface area contributed by atoms with E-state index in [9.17, 15) is 4.79 Å². The molecule has 7 heteroatoms. The van der Waals surface area contributed by atoms with Crippen molar-refractivity contribution in [2.24, 2.45) is 0 Å². The fourth-order valence-corrected chi connectivity index (χ4v) is 2.47. The normalized spacial score (nSPS) is 10.2. The van der Waals surface area contributed by atoms with Gasteiger partial charge in [0, 0.05) is 11.8 Å². The minimum atomic E-state index is -0.381. The second kappa shape index (κ2) is 8.18. The number of benzene rings is 2. The molecule has 138 valence electrons. The Morgan fingerprint density at radius 2 is 1.85 bits per heavy atom. The number of hydrogen-bond acceptors (Lipinski definition) is 6. The number of aryl methyl sites for hydroxylation is 1. The van der Waals surface area contributed by atoms with E-state index < -0.39 is 0 Å². The van der Waals surface area contributed by atoms with E-state index in [1.54, 1.807) is 25.3 Å². The van der Waals surface area contributed by atoms with Gasteiger partial charge in [0.1, 0.15) is 23.0 Å². The first-order valence-electron chi connectivity index (χ1n) is 8.28. The summed E-state index contributed by atoms with van der Waals surface area (Å²) in [5.41, 5.74) is 2.76. The number of rotatable bonds is 6. The van der Waals surface area contributed by atoms with Crippen LogP contribution in [0.1, 0.15) is 16.1 Å². The van der Waals surface area contributed by atoms with Gasteiger partial charge in [-0.1, -0.05) is 12.1 Å². The molecule has 0 aliphatic heterocycles. The Bertz CT molecular complexity index is 942.